The van der Waals surface area contributed by atoms with Gasteiger partial charge in [0.05, 0.1) is 0 Å². The summed E-state index contributed by atoms with van der Waals surface area (Å²) in [6.07, 6.45) is 0. The maximum Gasteiger partial charge on any atom is 0.257 e. The molecule has 1 aromatic heterocycles. The van der Waals surface area contributed by atoms with Crippen LogP contribution in [0, 0.1) is 0 Å². The number of fused-ring (bicyclic) bond motifs is 2. The van der Waals surface area contributed by atoms with Gasteiger partial charge in [0, 0.05) is 12.1 Å². The van der Waals surface area contributed by atoms with Gasteiger partial charge < -0.3 is 0 Å². The zero-order valence-electron chi connectivity index (χ0n) is 9.47. The molecule has 0 aliphatic rings. The first kappa shape index (κ1) is 11.0. The van der Waals surface area contributed by atoms with E-state index >= 15 is 0 Å². The Morgan fingerprint density at radius 3 is 1.69 bits per heavy atom. The van der Waals surface area contributed by atoms with E-state index in [2.05, 4.69) is 41.4 Å². The Labute approximate surface area is 99.4 Å². The molecule has 80 valence electrons. The van der Waals surface area contributed by atoms with Gasteiger partial charge in [-0.1, -0.05) is 38.1 Å². The van der Waals surface area contributed by atoms with Crippen LogP contribution in [0.2, 0.25) is 0 Å². The molecule has 3 rings (SSSR count). The van der Waals surface area contributed by atoms with Gasteiger partial charge in [-0.25, -0.2) is 4.98 Å². The highest BCUT2D eigenvalue weighted by Gasteiger charge is 2.09. The quantitative estimate of drug-likeness (QED) is 0.399. The third kappa shape index (κ3) is 2.02. The van der Waals surface area contributed by atoms with E-state index < -0.39 is 0 Å². The van der Waals surface area contributed by atoms with Gasteiger partial charge in [0.1, 0.15) is 11.0 Å². The Balaban J connectivity index is 0.000000457. The maximum atomic E-state index is 4.59. The summed E-state index contributed by atoms with van der Waals surface area (Å²) >= 11 is 1.79. The van der Waals surface area contributed by atoms with Crippen molar-refractivity contribution in [1.82, 2.24) is 4.98 Å². The Bertz CT molecular complexity index is 499. The largest absolute Gasteiger partial charge is 0.257 e. The van der Waals surface area contributed by atoms with Gasteiger partial charge in [-0.15, -0.1) is 0 Å². The van der Waals surface area contributed by atoms with Crippen LogP contribution in [-0.4, -0.2) is 4.98 Å². The number of para-hydroxylation sites is 2. The fourth-order valence-electron chi connectivity index (χ4n) is 1.52. The molecule has 0 bridgehead atoms. The average Bonchev–Trinajstić information content (AvgIpc) is 2.38. The Morgan fingerprint density at radius 1 is 0.750 bits per heavy atom. The minimum absolute atomic E-state index is 1.08. The van der Waals surface area contributed by atoms with Crippen LogP contribution in [0.4, 0.5) is 0 Å². The molecule has 0 N–H and O–H groups in total. The van der Waals surface area contributed by atoms with E-state index in [1.807, 2.05) is 26.0 Å². The smallest absolute Gasteiger partial charge is 0.237 e. The summed E-state index contributed by atoms with van der Waals surface area (Å²) in [6, 6.07) is 16.5. The second kappa shape index (κ2) is 4.99. The Morgan fingerprint density at radius 2 is 1.19 bits per heavy atom. The number of hydrogen-bond acceptors (Lipinski definition) is 1. The zero-order chi connectivity index (χ0) is 11.4. The normalized spacial score (nSPS) is 9.88. The first-order valence-electron chi connectivity index (χ1n) is 5.51. The molecular weight excluding hydrogens is 214 g/mol. The topological polar surface area (TPSA) is 12.9 Å². The molecule has 2 aromatic carbocycles. The Hall–Kier alpha value is -1.54. The Kier molecular flexibility index (Phi) is 3.42. The van der Waals surface area contributed by atoms with Crippen molar-refractivity contribution in [3.05, 3.63) is 48.5 Å². The lowest BCUT2D eigenvalue weighted by Gasteiger charge is -1.89. The lowest BCUT2D eigenvalue weighted by atomic mass is 10.3. The van der Waals surface area contributed by atoms with Crippen molar-refractivity contribution in [1.29, 1.82) is 0 Å². The fraction of sp³-hybridized carbons (Fsp3) is 0.143. The van der Waals surface area contributed by atoms with E-state index in [1.165, 1.54) is 9.40 Å². The van der Waals surface area contributed by atoms with Gasteiger partial charge >= 0.3 is 0 Å². The standard InChI is InChI=1S/C12H8NS.C2H6/c1-3-7-11-9(5-1)13-10-6-2-4-8-12(10)14-11;1-2/h1-8H;1-2H3/q+1;. The van der Waals surface area contributed by atoms with Gasteiger partial charge in [-0.2, -0.15) is 0 Å². The predicted octanol–water partition coefficient (Wildman–Crippen LogP) is 4.76. The molecule has 0 amide bonds. The van der Waals surface area contributed by atoms with Crippen LogP contribution >= 0.6 is 11.3 Å². The maximum absolute atomic E-state index is 4.59. The minimum atomic E-state index is 1.08. The van der Waals surface area contributed by atoms with Crippen LogP contribution in [0.25, 0.3) is 20.4 Å². The van der Waals surface area contributed by atoms with E-state index in [0.717, 1.165) is 11.0 Å². The summed E-state index contributed by atoms with van der Waals surface area (Å²) in [5, 5.41) is 0. The van der Waals surface area contributed by atoms with E-state index in [-0.39, 0.29) is 0 Å². The molecule has 2 heteroatoms. The van der Waals surface area contributed by atoms with Crippen LogP contribution in [0.15, 0.2) is 48.5 Å². The molecule has 0 atom stereocenters. The fourth-order valence-corrected chi connectivity index (χ4v) is 2.49. The van der Waals surface area contributed by atoms with Gasteiger partial charge in [0.25, 0.3) is 9.40 Å². The van der Waals surface area contributed by atoms with Crippen LogP contribution in [-0.2, 0) is 0 Å². The van der Waals surface area contributed by atoms with Crippen molar-refractivity contribution in [2.24, 2.45) is 0 Å². The first-order valence-corrected chi connectivity index (χ1v) is 6.33. The molecule has 0 spiro atoms. The van der Waals surface area contributed by atoms with E-state index in [9.17, 15) is 0 Å². The number of hydrogen-bond donors (Lipinski definition) is 0. The number of aromatic nitrogens is 1. The lowest BCUT2D eigenvalue weighted by molar-refractivity contribution is 1.50. The van der Waals surface area contributed by atoms with Crippen LogP contribution in [0.5, 0.6) is 0 Å². The summed E-state index contributed by atoms with van der Waals surface area (Å²) in [7, 11) is 0. The highest BCUT2D eigenvalue weighted by Crippen LogP contribution is 2.24. The monoisotopic (exact) mass is 228 g/mol. The van der Waals surface area contributed by atoms with Gasteiger partial charge in [0.2, 0.25) is 11.3 Å². The van der Waals surface area contributed by atoms with Crippen LogP contribution < -0.4 is 0 Å². The molecule has 16 heavy (non-hydrogen) atoms. The minimum Gasteiger partial charge on any atom is -0.237 e. The number of rotatable bonds is 0. The van der Waals surface area contributed by atoms with Crippen LogP contribution in [0.3, 0.4) is 0 Å². The SMILES string of the molecule is CC.c1ccc2[s+]c3ccccc3nc2c1. The van der Waals surface area contributed by atoms with E-state index in [1.54, 1.807) is 11.3 Å². The molecule has 0 aliphatic heterocycles. The van der Waals surface area contributed by atoms with Crippen LogP contribution in [0.1, 0.15) is 13.8 Å². The number of benzene rings is 2. The molecule has 0 saturated carbocycles. The van der Waals surface area contributed by atoms with Crippen molar-refractivity contribution in [2.45, 2.75) is 13.8 Å². The molecule has 0 saturated heterocycles. The second-order valence-corrected chi connectivity index (χ2v) is 4.23. The summed E-state index contributed by atoms with van der Waals surface area (Å²) in [5.41, 5.74) is 2.16. The number of nitrogens with zero attached hydrogens (tertiary/aromatic N) is 1. The summed E-state index contributed by atoms with van der Waals surface area (Å²) in [4.78, 5) is 4.59. The third-order valence-corrected chi connectivity index (χ3v) is 3.32. The highest BCUT2D eigenvalue weighted by atomic mass is 32.1. The van der Waals surface area contributed by atoms with Gasteiger partial charge in [-0.05, 0) is 12.1 Å². The molecule has 1 nitrogen and oxygen atoms in total. The summed E-state index contributed by atoms with van der Waals surface area (Å²) in [5.74, 6) is 0. The molecular formula is C14H14NS+. The third-order valence-electron chi connectivity index (χ3n) is 2.19. The van der Waals surface area contributed by atoms with Crippen molar-refractivity contribution >= 4 is 31.8 Å². The predicted molar refractivity (Wildman–Crippen MR) is 72.9 cm³/mol. The van der Waals surface area contributed by atoms with Gasteiger partial charge in [-0.3, -0.25) is 0 Å². The molecule has 0 unspecified atom stereocenters. The van der Waals surface area contributed by atoms with Crippen molar-refractivity contribution < 1.29 is 0 Å². The molecule has 0 fully saturated rings. The van der Waals surface area contributed by atoms with Crippen molar-refractivity contribution in [3.63, 3.8) is 0 Å². The molecule has 1 heterocycles. The average molecular weight is 228 g/mol. The van der Waals surface area contributed by atoms with Crippen molar-refractivity contribution in [3.8, 4) is 0 Å². The highest BCUT2D eigenvalue weighted by molar-refractivity contribution is 7.24. The zero-order valence-corrected chi connectivity index (χ0v) is 10.3. The van der Waals surface area contributed by atoms with E-state index in [0.29, 0.717) is 0 Å². The first-order chi connectivity index (χ1) is 7.93. The van der Waals surface area contributed by atoms with Crippen molar-refractivity contribution in [2.75, 3.05) is 0 Å². The summed E-state index contributed by atoms with van der Waals surface area (Å²) in [6.45, 7) is 4.00. The lowest BCUT2D eigenvalue weighted by Crippen LogP contribution is -1.77. The summed E-state index contributed by atoms with van der Waals surface area (Å²) < 4.78 is 2.48. The second-order valence-electron chi connectivity index (χ2n) is 3.15. The molecule has 0 aliphatic carbocycles. The molecule has 3 aromatic rings. The van der Waals surface area contributed by atoms with E-state index in [4.69, 9.17) is 0 Å². The molecule has 0 radical (unpaired) electrons. The van der Waals surface area contributed by atoms with Gasteiger partial charge in [0.15, 0.2) is 0 Å².